The van der Waals surface area contributed by atoms with Gasteiger partial charge in [0.1, 0.15) is 23.1 Å². The minimum absolute atomic E-state index is 0.0247. The quantitative estimate of drug-likeness (QED) is 0.853. The van der Waals surface area contributed by atoms with E-state index in [1.54, 1.807) is 14.0 Å². The molecule has 1 N–H and O–H groups in total. The number of fused-ring (bicyclic) bond motifs is 5. The maximum absolute atomic E-state index is 13.4. The van der Waals surface area contributed by atoms with E-state index < -0.39 is 11.6 Å². The number of benzene rings is 2. The van der Waals surface area contributed by atoms with Gasteiger partial charge in [-0.1, -0.05) is 30.3 Å². The lowest BCUT2D eigenvalue weighted by molar-refractivity contribution is -0.156. The third kappa shape index (κ3) is 2.35. The first-order valence-electron chi connectivity index (χ1n) is 9.96. The van der Waals surface area contributed by atoms with Crippen molar-refractivity contribution in [3.05, 3.63) is 59.7 Å². The standard InChI is InChI=1S/C23H24N2O4/c1-13-21(26)25-20-16-10-9-15(28-3)11-18(16)29-12-17(20)19(14-7-5-4-6-8-14)23(25,2)22(27)24-13/h4-11,13,17,19-20H,12H2,1-3H3,(H,24,27)/t13-,17-,19+,20+,23+/m1/s1. The zero-order valence-corrected chi connectivity index (χ0v) is 16.7. The summed E-state index contributed by atoms with van der Waals surface area (Å²) in [6.07, 6.45) is 0. The Bertz CT molecular complexity index is 992. The second-order valence-corrected chi connectivity index (χ2v) is 8.26. The molecule has 2 saturated heterocycles. The lowest BCUT2D eigenvalue weighted by atomic mass is 9.73. The van der Waals surface area contributed by atoms with Crippen LogP contribution in [0.1, 0.15) is 36.9 Å². The fourth-order valence-corrected chi connectivity index (χ4v) is 5.45. The number of hydrogen-bond acceptors (Lipinski definition) is 4. The zero-order valence-electron chi connectivity index (χ0n) is 16.7. The third-order valence-corrected chi connectivity index (χ3v) is 6.76. The number of carbonyl (C=O) groups is 2. The number of amides is 2. The summed E-state index contributed by atoms with van der Waals surface area (Å²) in [6.45, 7) is 4.08. The van der Waals surface area contributed by atoms with Gasteiger partial charge in [0.15, 0.2) is 0 Å². The highest BCUT2D eigenvalue weighted by Gasteiger charge is 2.66. The Labute approximate surface area is 169 Å². The zero-order chi connectivity index (χ0) is 20.3. The number of ether oxygens (including phenoxy) is 2. The van der Waals surface area contributed by atoms with Crippen LogP contribution >= 0.6 is 0 Å². The molecule has 6 heteroatoms. The number of methoxy groups -OCH3 is 1. The summed E-state index contributed by atoms with van der Waals surface area (Å²) in [7, 11) is 1.62. The predicted molar refractivity (Wildman–Crippen MR) is 107 cm³/mol. The van der Waals surface area contributed by atoms with Gasteiger partial charge in [-0.05, 0) is 31.5 Å². The molecule has 5 rings (SSSR count). The van der Waals surface area contributed by atoms with Crippen molar-refractivity contribution in [1.82, 2.24) is 10.2 Å². The molecule has 3 aliphatic heterocycles. The van der Waals surface area contributed by atoms with Gasteiger partial charge in [-0.25, -0.2) is 0 Å². The maximum Gasteiger partial charge on any atom is 0.247 e. The molecule has 3 heterocycles. The van der Waals surface area contributed by atoms with Gasteiger partial charge in [-0.15, -0.1) is 0 Å². The smallest absolute Gasteiger partial charge is 0.247 e. The third-order valence-electron chi connectivity index (χ3n) is 6.76. The predicted octanol–water partition coefficient (Wildman–Crippen LogP) is 2.65. The molecular weight excluding hydrogens is 368 g/mol. The van der Waals surface area contributed by atoms with Crippen LogP contribution in [0.5, 0.6) is 11.5 Å². The molecule has 150 valence electrons. The number of rotatable bonds is 2. The first kappa shape index (κ1) is 18.0. The summed E-state index contributed by atoms with van der Waals surface area (Å²) >= 11 is 0. The summed E-state index contributed by atoms with van der Waals surface area (Å²) < 4.78 is 11.5. The van der Waals surface area contributed by atoms with Gasteiger partial charge in [-0.3, -0.25) is 9.59 Å². The van der Waals surface area contributed by atoms with Gasteiger partial charge in [0.25, 0.3) is 0 Å². The van der Waals surface area contributed by atoms with Crippen LogP contribution in [0.2, 0.25) is 0 Å². The number of nitrogens with one attached hydrogen (secondary N) is 1. The van der Waals surface area contributed by atoms with Crippen molar-refractivity contribution in [3.8, 4) is 11.5 Å². The van der Waals surface area contributed by atoms with E-state index in [4.69, 9.17) is 9.47 Å². The minimum Gasteiger partial charge on any atom is -0.497 e. The second kappa shape index (κ2) is 6.24. The molecule has 29 heavy (non-hydrogen) atoms. The average Bonchev–Trinajstić information content (AvgIpc) is 3.02. The second-order valence-electron chi connectivity index (χ2n) is 8.26. The number of carbonyl (C=O) groups excluding carboxylic acids is 2. The molecular formula is C23H24N2O4. The van der Waals surface area contributed by atoms with Gasteiger partial charge < -0.3 is 19.7 Å². The molecule has 2 aromatic rings. The average molecular weight is 392 g/mol. The number of hydrogen-bond donors (Lipinski definition) is 1. The van der Waals surface area contributed by atoms with Crippen molar-refractivity contribution in [2.75, 3.05) is 13.7 Å². The van der Waals surface area contributed by atoms with E-state index >= 15 is 0 Å². The first-order chi connectivity index (χ1) is 14.0. The van der Waals surface area contributed by atoms with E-state index in [0.29, 0.717) is 18.1 Å². The van der Waals surface area contributed by atoms with Gasteiger partial charge in [0, 0.05) is 23.5 Å². The molecule has 2 aromatic carbocycles. The Balaban J connectivity index is 1.72. The van der Waals surface area contributed by atoms with E-state index in [9.17, 15) is 9.59 Å². The number of nitrogens with zero attached hydrogens (tertiary/aromatic N) is 1. The van der Waals surface area contributed by atoms with E-state index in [1.807, 2.05) is 60.4 Å². The Morgan fingerprint density at radius 2 is 1.93 bits per heavy atom. The molecule has 0 spiro atoms. The summed E-state index contributed by atoms with van der Waals surface area (Å²) in [5.74, 6) is 1.07. The summed E-state index contributed by atoms with van der Waals surface area (Å²) in [4.78, 5) is 28.5. The van der Waals surface area contributed by atoms with E-state index in [0.717, 1.165) is 11.1 Å². The minimum atomic E-state index is -0.981. The van der Waals surface area contributed by atoms with E-state index in [2.05, 4.69) is 5.32 Å². The number of piperazine rings is 1. The Hall–Kier alpha value is -3.02. The lowest BCUT2D eigenvalue weighted by Crippen LogP contribution is -2.68. The Morgan fingerprint density at radius 3 is 2.66 bits per heavy atom. The monoisotopic (exact) mass is 392 g/mol. The first-order valence-corrected chi connectivity index (χ1v) is 9.96. The van der Waals surface area contributed by atoms with Crippen LogP contribution in [0.15, 0.2) is 48.5 Å². The summed E-state index contributed by atoms with van der Waals surface area (Å²) in [5, 5.41) is 2.90. The van der Waals surface area contributed by atoms with Crippen molar-refractivity contribution in [3.63, 3.8) is 0 Å². The molecule has 0 radical (unpaired) electrons. The van der Waals surface area contributed by atoms with Crippen LogP contribution < -0.4 is 14.8 Å². The van der Waals surface area contributed by atoms with Crippen molar-refractivity contribution < 1.29 is 19.1 Å². The van der Waals surface area contributed by atoms with Crippen LogP contribution in [0, 0.1) is 5.92 Å². The molecule has 2 fully saturated rings. The van der Waals surface area contributed by atoms with Crippen LogP contribution in [0.3, 0.4) is 0 Å². The van der Waals surface area contributed by atoms with Crippen molar-refractivity contribution in [1.29, 1.82) is 0 Å². The molecule has 0 saturated carbocycles. The van der Waals surface area contributed by atoms with Gasteiger partial charge in [0.2, 0.25) is 11.8 Å². The highest BCUT2D eigenvalue weighted by molar-refractivity contribution is 6.01. The van der Waals surface area contributed by atoms with Crippen molar-refractivity contribution in [2.24, 2.45) is 5.92 Å². The van der Waals surface area contributed by atoms with E-state index in [-0.39, 0.29) is 29.7 Å². The Morgan fingerprint density at radius 1 is 1.17 bits per heavy atom. The van der Waals surface area contributed by atoms with E-state index in [1.165, 1.54) is 0 Å². The largest absolute Gasteiger partial charge is 0.497 e. The fourth-order valence-electron chi connectivity index (χ4n) is 5.45. The van der Waals surface area contributed by atoms with Crippen LogP contribution in [-0.4, -0.2) is 42.0 Å². The molecule has 5 atom stereocenters. The van der Waals surface area contributed by atoms with Crippen LogP contribution in [0.25, 0.3) is 0 Å². The van der Waals surface area contributed by atoms with Crippen molar-refractivity contribution >= 4 is 11.8 Å². The Kier molecular flexibility index (Phi) is 3.88. The molecule has 0 aliphatic carbocycles. The molecule has 2 amide bonds. The SMILES string of the molecule is COc1ccc2c(c1)OC[C@H]1[C@H]2N2C(=O)[C@@H](C)NC(=O)[C@]2(C)[C@H]1c1ccccc1. The van der Waals surface area contributed by atoms with Crippen LogP contribution in [-0.2, 0) is 9.59 Å². The highest BCUT2D eigenvalue weighted by Crippen LogP contribution is 2.59. The topological polar surface area (TPSA) is 67.9 Å². The molecule has 0 aromatic heterocycles. The summed E-state index contributed by atoms with van der Waals surface area (Å²) in [5.41, 5.74) is 0.998. The highest BCUT2D eigenvalue weighted by atomic mass is 16.5. The fraction of sp³-hybridized carbons (Fsp3) is 0.391. The van der Waals surface area contributed by atoms with Crippen LogP contribution in [0.4, 0.5) is 0 Å². The van der Waals surface area contributed by atoms with Gasteiger partial charge in [-0.2, -0.15) is 0 Å². The van der Waals surface area contributed by atoms with Gasteiger partial charge >= 0.3 is 0 Å². The van der Waals surface area contributed by atoms with Gasteiger partial charge in [0.05, 0.1) is 19.8 Å². The summed E-state index contributed by atoms with van der Waals surface area (Å²) in [6, 6.07) is 14.9. The molecule has 3 aliphatic rings. The lowest BCUT2D eigenvalue weighted by Gasteiger charge is -2.45. The maximum atomic E-state index is 13.4. The molecule has 0 bridgehead atoms. The molecule has 6 nitrogen and oxygen atoms in total. The normalized spacial score (nSPS) is 32.6. The molecule has 0 unspecified atom stereocenters. The van der Waals surface area contributed by atoms with Crippen molar-refractivity contribution in [2.45, 2.75) is 37.4 Å².